The van der Waals surface area contributed by atoms with Crippen LogP contribution in [0.5, 0.6) is 0 Å². The Bertz CT molecular complexity index is 430. The van der Waals surface area contributed by atoms with Crippen LogP contribution < -0.4 is 0 Å². The molecule has 0 N–H and O–H groups in total. The molecule has 1 unspecified atom stereocenters. The van der Waals surface area contributed by atoms with E-state index < -0.39 is 53.3 Å². The molecule has 0 saturated heterocycles. The molecule has 0 aromatic rings. The summed E-state index contributed by atoms with van der Waals surface area (Å²) in [5, 5.41) is -7.73. The largest absolute Gasteiger partial charge is 0.490 e. The van der Waals surface area contributed by atoms with Gasteiger partial charge in [-0.25, -0.2) is 0 Å². The van der Waals surface area contributed by atoms with E-state index in [2.05, 4.69) is 21.3 Å². The molecule has 0 rings (SSSR count). The molecule has 0 spiro atoms. The zero-order valence-corrected chi connectivity index (χ0v) is 11.6. The monoisotopic (exact) mass is 426 g/mol. The standard InChI is InChI=1S/C7H3ClF12N2O3/c8-3(23)2(25-22(6(15,16)17)7(18,19)20)1-24-21(4(9,10)11)5(12,13)14/h2H,1H2. The lowest BCUT2D eigenvalue weighted by Gasteiger charge is -2.30. The fourth-order valence-corrected chi connectivity index (χ4v) is 1.06. The summed E-state index contributed by atoms with van der Waals surface area (Å²) in [6.07, 6.45) is -28.7. The number of hydroxylamine groups is 4. The Kier molecular flexibility index (Phi) is 7.36. The van der Waals surface area contributed by atoms with Crippen LogP contribution in [-0.4, -0.2) is 53.3 Å². The number of hydrogen-bond donors (Lipinski definition) is 0. The van der Waals surface area contributed by atoms with Crippen LogP contribution in [0, 0.1) is 0 Å². The van der Waals surface area contributed by atoms with Crippen LogP contribution in [0.1, 0.15) is 0 Å². The molecular weight excluding hydrogens is 424 g/mol. The van der Waals surface area contributed by atoms with E-state index in [-0.39, 0.29) is 0 Å². The Hall–Kier alpha value is -1.04. The van der Waals surface area contributed by atoms with Crippen LogP contribution in [-0.2, 0) is 14.5 Å². The molecule has 18 heteroatoms. The molecule has 5 nitrogen and oxygen atoms in total. The summed E-state index contributed by atoms with van der Waals surface area (Å²) in [7, 11) is 0. The van der Waals surface area contributed by atoms with Crippen molar-refractivity contribution in [3.63, 3.8) is 0 Å². The smallest absolute Gasteiger partial charge is 0.281 e. The van der Waals surface area contributed by atoms with Gasteiger partial charge in [-0.05, 0) is 11.6 Å². The summed E-state index contributed by atoms with van der Waals surface area (Å²) in [5.41, 5.74) is 0. The summed E-state index contributed by atoms with van der Waals surface area (Å²) in [4.78, 5) is 16.7. The van der Waals surface area contributed by atoms with Gasteiger partial charge in [-0.2, -0.15) is 52.7 Å². The highest BCUT2D eigenvalue weighted by Crippen LogP contribution is 2.36. The third kappa shape index (κ3) is 7.80. The Morgan fingerprint density at radius 2 is 1.08 bits per heavy atom. The minimum atomic E-state index is -6.36. The van der Waals surface area contributed by atoms with Crippen LogP contribution in [0.4, 0.5) is 52.7 Å². The van der Waals surface area contributed by atoms with Gasteiger partial charge in [0, 0.05) is 10.1 Å². The van der Waals surface area contributed by atoms with Crippen molar-refractivity contribution in [3.8, 4) is 0 Å². The van der Waals surface area contributed by atoms with Crippen molar-refractivity contribution >= 4 is 16.8 Å². The maximum Gasteiger partial charge on any atom is 0.490 e. The first-order valence-corrected chi connectivity index (χ1v) is 5.52. The molecule has 0 aliphatic heterocycles. The van der Waals surface area contributed by atoms with E-state index in [0.717, 1.165) is 0 Å². The predicted octanol–water partition coefficient (Wildman–Crippen LogP) is 3.67. The van der Waals surface area contributed by atoms with Gasteiger partial charge in [0.15, 0.2) is 6.10 Å². The van der Waals surface area contributed by atoms with Gasteiger partial charge >= 0.3 is 25.2 Å². The molecule has 0 fully saturated rings. The second kappa shape index (κ2) is 7.68. The van der Waals surface area contributed by atoms with E-state index in [0.29, 0.717) is 0 Å². The number of rotatable bonds is 6. The van der Waals surface area contributed by atoms with Gasteiger partial charge in [0.05, 0.1) is 0 Å². The van der Waals surface area contributed by atoms with Crippen LogP contribution in [0.3, 0.4) is 0 Å². The molecule has 0 aliphatic rings. The molecule has 0 heterocycles. The van der Waals surface area contributed by atoms with Crippen molar-refractivity contribution in [1.29, 1.82) is 0 Å². The number of hydrogen-bond acceptors (Lipinski definition) is 5. The van der Waals surface area contributed by atoms with Crippen LogP contribution in [0.15, 0.2) is 0 Å². The van der Waals surface area contributed by atoms with Crippen molar-refractivity contribution in [2.45, 2.75) is 31.3 Å². The zero-order valence-electron chi connectivity index (χ0n) is 10.8. The van der Waals surface area contributed by atoms with Crippen LogP contribution >= 0.6 is 11.6 Å². The molecule has 0 aliphatic carbocycles. The van der Waals surface area contributed by atoms with E-state index >= 15 is 0 Å². The Morgan fingerprint density at radius 3 is 1.32 bits per heavy atom. The number of carbonyl (C=O) groups is 1. The molecule has 0 bridgehead atoms. The molecule has 0 aromatic carbocycles. The highest BCUT2D eigenvalue weighted by Gasteiger charge is 2.59. The zero-order chi connectivity index (χ0) is 20.4. The van der Waals surface area contributed by atoms with Gasteiger partial charge < -0.3 is 0 Å². The molecule has 25 heavy (non-hydrogen) atoms. The fourth-order valence-electron chi connectivity index (χ4n) is 0.960. The van der Waals surface area contributed by atoms with Crippen molar-refractivity contribution in [1.82, 2.24) is 10.1 Å². The highest BCUT2D eigenvalue weighted by molar-refractivity contribution is 6.64. The third-order valence-corrected chi connectivity index (χ3v) is 2.01. The highest BCUT2D eigenvalue weighted by atomic mass is 35.5. The lowest BCUT2D eigenvalue weighted by molar-refractivity contribution is -0.504. The second-order valence-corrected chi connectivity index (χ2v) is 4.03. The first kappa shape index (κ1) is 24.0. The lowest BCUT2D eigenvalue weighted by atomic mass is 10.4. The van der Waals surface area contributed by atoms with Crippen LogP contribution in [0.2, 0.25) is 0 Å². The van der Waals surface area contributed by atoms with E-state index in [1.165, 1.54) is 0 Å². The van der Waals surface area contributed by atoms with Crippen LogP contribution in [0.25, 0.3) is 0 Å². The quantitative estimate of drug-likeness (QED) is 0.281. The van der Waals surface area contributed by atoms with Gasteiger partial charge in [-0.3, -0.25) is 14.5 Å². The first-order chi connectivity index (χ1) is 10.8. The predicted molar refractivity (Wildman–Crippen MR) is 49.6 cm³/mol. The number of alkyl halides is 12. The summed E-state index contributed by atoms with van der Waals surface area (Å²) in [5.74, 6) is 0. The Balaban J connectivity index is 5.36. The van der Waals surface area contributed by atoms with E-state index in [1.54, 1.807) is 0 Å². The average molecular weight is 427 g/mol. The Labute approximate surface area is 133 Å². The second-order valence-electron chi connectivity index (χ2n) is 3.65. The first-order valence-electron chi connectivity index (χ1n) is 5.14. The van der Waals surface area contributed by atoms with Gasteiger partial charge in [-0.15, -0.1) is 0 Å². The van der Waals surface area contributed by atoms with Crippen molar-refractivity contribution < 1.29 is 67.2 Å². The van der Waals surface area contributed by atoms with Crippen molar-refractivity contribution in [3.05, 3.63) is 0 Å². The topological polar surface area (TPSA) is 42.0 Å². The molecule has 0 saturated carbocycles. The molecule has 0 radical (unpaired) electrons. The molecule has 0 aromatic heterocycles. The Morgan fingerprint density at radius 1 is 0.760 bits per heavy atom. The lowest BCUT2D eigenvalue weighted by Crippen LogP contribution is -2.53. The van der Waals surface area contributed by atoms with E-state index in [9.17, 15) is 57.5 Å². The minimum absolute atomic E-state index is 2.30. The number of nitrogens with zero attached hydrogens (tertiary/aromatic N) is 2. The third-order valence-electron chi connectivity index (χ3n) is 1.76. The SMILES string of the molecule is O=C(Cl)C(CON(C(F)(F)F)C(F)(F)F)ON(C(F)(F)F)C(F)(F)F. The van der Waals surface area contributed by atoms with Gasteiger partial charge in [0.2, 0.25) is 0 Å². The van der Waals surface area contributed by atoms with E-state index in [1.807, 2.05) is 0 Å². The summed E-state index contributed by atoms with van der Waals surface area (Å²) < 4.78 is 145. The molecule has 150 valence electrons. The van der Waals surface area contributed by atoms with Crippen molar-refractivity contribution in [2.24, 2.45) is 0 Å². The van der Waals surface area contributed by atoms with E-state index in [4.69, 9.17) is 0 Å². The average Bonchev–Trinajstić information content (AvgIpc) is 2.25. The fraction of sp³-hybridized carbons (Fsp3) is 0.857. The van der Waals surface area contributed by atoms with Gasteiger partial charge in [0.1, 0.15) is 6.61 Å². The summed E-state index contributed by atoms with van der Waals surface area (Å²) >= 11 is 4.51. The van der Waals surface area contributed by atoms with Gasteiger partial charge in [-0.1, -0.05) is 0 Å². The maximum absolute atomic E-state index is 12.1. The maximum atomic E-state index is 12.1. The molecular formula is C7H3ClF12N2O3. The number of carbonyl (C=O) groups excluding carboxylic acids is 1. The summed E-state index contributed by atoms with van der Waals surface area (Å²) in [6.45, 7) is -2.38. The van der Waals surface area contributed by atoms with Crippen molar-refractivity contribution in [2.75, 3.05) is 6.61 Å². The molecule has 1 atom stereocenters. The minimum Gasteiger partial charge on any atom is -0.281 e. The van der Waals surface area contributed by atoms with Gasteiger partial charge in [0.25, 0.3) is 5.24 Å². The normalized spacial score (nSPS) is 15.8. The summed E-state index contributed by atoms with van der Waals surface area (Å²) in [6, 6.07) is 0. The number of halogens is 13. The molecule has 0 amide bonds.